The maximum atomic E-state index is 12.2. The third-order valence-corrected chi connectivity index (χ3v) is 4.67. The van der Waals surface area contributed by atoms with E-state index in [4.69, 9.17) is 9.47 Å². The van der Waals surface area contributed by atoms with Crippen LogP contribution in [0.4, 0.5) is 4.79 Å². The molecule has 1 aliphatic heterocycles. The summed E-state index contributed by atoms with van der Waals surface area (Å²) in [4.78, 5) is 18.4. The number of benzene rings is 1. The van der Waals surface area contributed by atoms with E-state index in [2.05, 4.69) is 4.98 Å². The van der Waals surface area contributed by atoms with Gasteiger partial charge >= 0.3 is 6.09 Å². The summed E-state index contributed by atoms with van der Waals surface area (Å²) in [6.07, 6.45) is 0.463. The fraction of sp³-hybridized carbons (Fsp3) is 0.455. The molecule has 1 fully saturated rings. The van der Waals surface area contributed by atoms with Crippen molar-refractivity contribution in [3.63, 3.8) is 0 Å². The molecule has 6 heteroatoms. The van der Waals surface area contributed by atoms with Gasteiger partial charge in [-0.2, -0.15) is 0 Å². The van der Waals surface area contributed by atoms with Crippen LogP contribution in [0, 0.1) is 0 Å². The lowest BCUT2D eigenvalue weighted by molar-refractivity contribution is -0.0384. The highest BCUT2D eigenvalue weighted by atomic mass is 16.6. The van der Waals surface area contributed by atoms with Crippen LogP contribution in [0.5, 0.6) is 5.88 Å². The van der Waals surface area contributed by atoms with E-state index in [0.717, 1.165) is 5.56 Å². The Morgan fingerprint density at radius 3 is 2.43 bits per heavy atom. The third kappa shape index (κ3) is 5.23. The number of piperidine rings is 1. The number of rotatable bonds is 4. The molecule has 1 aliphatic rings. The van der Waals surface area contributed by atoms with Crippen molar-refractivity contribution in [2.24, 2.45) is 0 Å². The van der Waals surface area contributed by atoms with Gasteiger partial charge < -0.3 is 19.5 Å². The Hall–Kier alpha value is -2.60. The summed E-state index contributed by atoms with van der Waals surface area (Å²) in [7, 11) is 0. The van der Waals surface area contributed by atoms with Crippen LogP contribution in [0.1, 0.15) is 44.9 Å². The Bertz CT molecular complexity index is 794. The Labute approximate surface area is 166 Å². The number of ether oxygens (including phenoxy) is 2. The zero-order chi connectivity index (χ0) is 20.2. The number of amides is 1. The zero-order valence-corrected chi connectivity index (χ0v) is 16.7. The number of aliphatic hydroxyl groups is 1. The van der Waals surface area contributed by atoms with E-state index in [1.807, 2.05) is 57.2 Å². The zero-order valence-electron chi connectivity index (χ0n) is 16.7. The van der Waals surface area contributed by atoms with E-state index in [1.165, 1.54) is 0 Å². The van der Waals surface area contributed by atoms with Gasteiger partial charge in [-0.25, -0.2) is 9.78 Å². The molecular weight excluding hydrogens is 356 g/mol. The fourth-order valence-electron chi connectivity index (χ4n) is 3.13. The largest absolute Gasteiger partial charge is 0.473 e. The molecule has 1 aromatic carbocycles. The summed E-state index contributed by atoms with van der Waals surface area (Å²) in [5, 5.41) is 11.1. The normalized spacial score (nSPS) is 16.5. The predicted octanol–water partition coefficient (Wildman–Crippen LogP) is 3.88. The lowest BCUT2D eigenvalue weighted by atomic mass is 9.88. The fourth-order valence-corrected chi connectivity index (χ4v) is 3.13. The maximum absolute atomic E-state index is 12.2. The second-order valence-corrected chi connectivity index (χ2v) is 8.13. The summed E-state index contributed by atoms with van der Waals surface area (Å²) < 4.78 is 11.2. The molecule has 1 aromatic heterocycles. The van der Waals surface area contributed by atoms with Crippen molar-refractivity contribution in [1.82, 2.24) is 9.88 Å². The lowest BCUT2D eigenvalue weighted by Crippen LogP contribution is -2.47. The van der Waals surface area contributed by atoms with E-state index in [0.29, 0.717) is 44.1 Å². The molecule has 2 heterocycles. The van der Waals surface area contributed by atoms with Crippen LogP contribution in [0.25, 0.3) is 0 Å². The van der Waals surface area contributed by atoms with Crippen molar-refractivity contribution in [3.05, 3.63) is 59.8 Å². The van der Waals surface area contributed by atoms with E-state index in [1.54, 1.807) is 17.0 Å². The van der Waals surface area contributed by atoms with Gasteiger partial charge in [0.25, 0.3) is 0 Å². The SMILES string of the molecule is CC(C)(C)OC(=O)N1CCC(O)(c2cccc(OCc3ccccc3)n2)CC1. The molecule has 28 heavy (non-hydrogen) atoms. The number of hydrogen-bond acceptors (Lipinski definition) is 5. The van der Waals surface area contributed by atoms with E-state index in [9.17, 15) is 9.90 Å². The van der Waals surface area contributed by atoms with Crippen LogP contribution in [0.15, 0.2) is 48.5 Å². The molecule has 0 saturated carbocycles. The smallest absolute Gasteiger partial charge is 0.410 e. The number of likely N-dealkylation sites (tertiary alicyclic amines) is 1. The molecular formula is C22H28N2O4. The molecule has 0 spiro atoms. The highest BCUT2D eigenvalue weighted by molar-refractivity contribution is 5.68. The van der Waals surface area contributed by atoms with Crippen LogP contribution in [0.3, 0.4) is 0 Å². The van der Waals surface area contributed by atoms with Crippen molar-refractivity contribution in [3.8, 4) is 5.88 Å². The van der Waals surface area contributed by atoms with Gasteiger partial charge in [-0.15, -0.1) is 0 Å². The Balaban J connectivity index is 1.61. The number of carbonyl (C=O) groups is 1. The van der Waals surface area contributed by atoms with Gasteiger partial charge in [0.15, 0.2) is 0 Å². The molecule has 0 unspecified atom stereocenters. The molecule has 2 aromatic rings. The second kappa shape index (κ2) is 8.19. The first-order valence-electron chi connectivity index (χ1n) is 9.60. The number of aromatic nitrogens is 1. The van der Waals surface area contributed by atoms with Crippen LogP contribution in [0.2, 0.25) is 0 Å². The minimum atomic E-state index is -1.08. The number of nitrogens with zero attached hydrogens (tertiary/aromatic N) is 2. The average molecular weight is 384 g/mol. The number of pyridine rings is 1. The average Bonchev–Trinajstić information content (AvgIpc) is 2.67. The molecule has 1 amide bonds. The van der Waals surface area contributed by atoms with Crippen molar-refractivity contribution in [2.45, 2.75) is 51.4 Å². The van der Waals surface area contributed by atoms with Crippen molar-refractivity contribution >= 4 is 6.09 Å². The van der Waals surface area contributed by atoms with E-state index < -0.39 is 11.2 Å². The highest BCUT2D eigenvalue weighted by Crippen LogP contribution is 2.33. The van der Waals surface area contributed by atoms with Gasteiger partial charge in [0.2, 0.25) is 5.88 Å². The molecule has 1 N–H and O–H groups in total. The van der Waals surface area contributed by atoms with Crippen LogP contribution < -0.4 is 4.74 Å². The maximum Gasteiger partial charge on any atom is 0.410 e. The minimum absolute atomic E-state index is 0.345. The Morgan fingerprint density at radius 1 is 1.11 bits per heavy atom. The van der Waals surface area contributed by atoms with Gasteiger partial charge in [-0.3, -0.25) is 0 Å². The monoisotopic (exact) mass is 384 g/mol. The Kier molecular flexibility index (Phi) is 5.89. The first-order valence-corrected chi connectivity index (χ1v) is 9.60. The minimum Gasteiger partial charge on any atom is -0.473 e. The topological polar surface area (TPSA) is 71.9 Å². The highest BCUT2D eigenvalue weighted by Gasteiger charge is 2.38. The summed E-state index contributed by atoms with van der Waals surface area (Å²) in [5.74, 6) is 0.476. The summed E-state index contributed by atoms with van der Waals surface area (Å²) in [5.41, 5.74) is 0.0162. The van der Waals surface area contributed by atoms with Gasteiger partial charge in [-0.05, 0) is 45.2 Å². The number of hydrogen-bond donors (Lipinski definition) is 1. The molecule has 6 nitrogen and oxygen atoms in total. The molecule has 0 aliphatic carbocycles. The first kappa shape index (κ1) is 20.1. The summed E-state index contributed by atoms with van der Waals surface area (Å²) in [6, 6.07) is 15.3. The molecule has 0 atom stereocenters. The summed E-state index contributed by atoms with van der Waals surface area (Å²) >= 11 is 0. The quantitative estimate of drug-likeness (QED) is 0.866. The van der Waals surface area contributed by atoms with Crippen molar-refractivity contribution < 1.29 is 19.4 Å². The molecule has 3 rings (SSSR count). The van der Waals surface area contributed by atoms with E-state index >= 15 is 0 Å². The molecule has 0 bridgehead atoms. The molecule has 1 saturated heterocycles. The number of carbonyl (C=O) groups excluding carboxylic acids is 1. The van der Waals surface area contributed by atoms with Gasteiger partial charge in [0.05, 0.1) is 5.69 Å². The van der Waals surface area contributed by atoms with Crippen molar-refractivity contribution in [1.29, 1.82) is 0 Å². The third-order valence-electron chi connectivity index (χ3n) is 4.67. The van der Waals surface area contributed by atoms with Crippen molar-refractivity contribution in [2.75, 3.05) is 13.1 Å². The van der Waals surface area contributed by atoms with Gasteiger partial charge in [0, 0.05) is 19.2 Å². The van der Waals surface area contributed by atoms with Crippen LogP contribution in [-0.4, -0.2) is 39.8 Å². The first-order chi connectivity index (χ1) is 13.3. The lowest BCUT2D eigenvalue weighted by Gasteiger charge is -2.38. The summed E-state index contributed by atoms with van der Waals surface area (Å²) in [6.45, 7) is 6.79. The molecule has 0 radical (unpaired) electrons. The van der Waals surface area contributed by atoms with Gasteiger partial charge in [-0.1, -0.05) is 36.4 Å². The predicted molar refractivity (Wildman–Crippen MR) is 106 cm³/mol. The van der Waals surface area contributed by atoms with Crippen LogP contribution >= 0.6 is 0 Å². The Morgan fingerprint density at radius 2 is 1.79 bits per heavy atom. The molecule has 150 valence electrons. The van der Waals surface area contributed by atoms with E-state index in [-0.39, 0.29) is 6.09 Å². The van der Waals surface area contributed by atoms with Crippen LogP contribution in [-0.2, 0) is 16.9 Å². The standard InChI is InChI=1S/C22H28N2O4/c1-21(2,3)28-20(25)24-14-12-22(26,13-15-24)18-10-7-11-19(23-18)27-16-17-8-5-4-6-9-17/h4-11,26H,12-16H2,1-3H3. The second-order valence-electron chi connectivity index (χ2n) is 8.13. The van der Waals surface area contributed by atoms with Gasteiger partial charge in [0.1, 0.15) is 17.8 Å².